The lowest BCUT2D eigenvalue weighted by Gasteiger charge is -2.37. The molecule has 0 saturated heterocycles. The normalized spacial score (nSPS) is 14.4. The van der Waals surface area contributed by atoms with Gasteiger partial charge in [0.25, 0.3) is 0 Å². The molecule has 0 aromatic heterocycles. The first-order valence-corrected chi connectivity index (χ1v) is 23.7. The van der Waals surface area contributed by atoms with Gasteiger partial charge >= 0.3 is 12.1 Å². The Hall–Kier alpha value is -6.93. The maximum atomic E-state index is 15.0. The van der Waals surface area contributed by atoms with Gasteiger partial charge in [0.15, 0.2) is 0 Å². The summed E-state index contributed by atoms with van der Waals surface area (Å²) in [5, 5.41) is 26.6. The summed E-state index contributed by atoms with van der Waals surface area (Å²) >= 11 is 1.04. The summed E-state index contributed by atoms with van der Waals surface area (Å²) in [7, 11) is 4.08. The highest BCUT2D eigenvalue weighted by Gasteiger charge is 2.50. The van der Waals surface area contributed by atoms with Gasteiger partial charge < -0.3 is 52.0 Å². The minimum absolute atomic E-state index is 0.0129. The fourth-order valence-electron chi connectivity index (χ4n) is 6.52. The van der Waals surface area contributed by atoms with E-state index in [9.17, 15) is 51.9 Å². The number of nitrogens with zero attached hydrogens (tertiary/aromatic N) is 3. The first kappa shape index (κ1) is 59.4. The quantitative estimate of drug-likeness (QED) is 0.0337. The number of hydrazone groups is 1. The molecule has 10 amide bonds. The molecular weight excluding hydrogens is 969 g/mol. The molecule has 2 atom stereocenters. The van der Waals surface area contributed by atoms with Crippen molar-refractivity contribution in [3.63, 3.8) is 0 Å². The van der Waals surface area contributed by atoms with Crippen LogP contribution in [0.5, 0.6) is 0 Å². The van der Waals surface area contributed by atoms with Crippen LogP contribution in [0.3, 0.4) is 0 Å². The third-order valence-corrected chi connectivity index (χ3v) is 11.5. The Morgan fingerprint density at radius 3 is 2.03 bits per heavy atom. The van der Waals surface area contributed by atoms with E-state index in [0.29, 0.717) is 5.56 Å². The second-order valence-corrected chi connectivity index (χ2v) is 18.4. The van der Waals surface area contributed by atoms with Crippen LogP contribution in [-0.4, -0.2) is 155 Å². The van der Waals surface area contributed by atoms with Crippen LogP contribution in [0.25, 0.3) is 0 Å². The number of amides is 10. The van der Waals surface area contributed by atoms with Crippen LogP contribution >= 0.6 is 11.8 Å². The van der Waals surface area contributed by atoms with Gasteiger partial charge in [0.1, 0.15) is 40.6 Å². The number of halogens is 2. The Balaban J connectivity index is 1.38. The van der Waals surface area contributed by atoms with E-state index in [1.807, 2.05) is 20.8 Å². The minimum Gasteiger partial charge on any atom is -0.447 e. The van der Waals surface area contributed by atoms with Crippen LogP contribution in [0.4, 0.5) is 18.4 Å². The second kappa shape index (κ2) is 30.1. The first-order chi connectivity index (χ1) is 34.2. The predicted octanol–water partition coefficient (Wildman–Crippen LogP) is 1.08. The van der Waals surface area contributed by atoms with E-state index in [0.717, 1.165) is 40.0 Å². The van der Waals surface area contributed by atoms with Gasteiger partial charge in [-0.1, -0.05) is 62.9 Å². The Morgan fingerprint density at radius 2 is 1.38 bits per heavy atom. The summed E-state index contributed by atoms with van der Waals surface area (Å²) in [5.41, 5.74) is 0.241. The molecule has 396 valence electrons. The number of ether oxygens (including phenoxy) is 2. The SMILES string of the molecule is COCCNC(=O)C(COC(=O)NCCC(=O)NCCNC(=O)CC(=O)NCCC[C@@]1(c2ccccc2)SC(c2cc(F)ccc2F)=NN1C(=O)N(C)OC)NC(=O)CNC(=O)CCNC(=O)CC(C)(C)C. The number of benzene rings is 2. The Labute approximate surface area is 420 Å². The monoisotopic (exact) mass is 1030 g/mol. The van der Waals surface area contributed by atoms with Gasteiger partial charge in [0.05, 0.1) is 20.3 Å². The Bertz CT molecular complexity index is 2240. The summed E-state index contributed by atoms with van der Waals surface area (Å²) in [4.78, 5) is 117. The third-order valence-electron chi connectivity index (χ3n) is 10.1. The van der Waals surface area contributed by atoms with E-state index in [1.54, 1.807) is 30.3 Å². The van der Waals surface area contributed by atoms with Crippen LogP contribution in [-0.2, 0) is 52.7 Å². The maximum absolute atomic E-state index is 15.0. The Morgan fingerprint density at radius 1 is 0.750 bits per heavy atom. The summed E-state index contributed by atoms with van der Waals surface area (Å²) in [6.07, 6.45) is -1.13. The van der Waals surface area contributed by atoms with E-state index in [-0.39, 0.29) is 99.9 Å². The van der Waals surface area contributed by atoms with Gasteiger partial charge in [-0.3, -0.25) is 38.4 Å². The zero-order valence-corrected chi connectivity index (χ0v) is 42.0. The molecule has 26 heteroatoms. The van der Waals surface area contributed by atoms with Gasteiger partial charge in [-0.25, -0.2) is 23.4 Å². The number of methoxy groups -OCH3 is 1. The van der Waals surface area contributed by atoms with Crippen molar-refractivity contribution < 1.29 is 66.2 Å². The largest absolute Gasteiger partial charge is 0.447 e. The fraction of sp³-hybridized carbons (Fsp3) is 0.522. The molecule has 1 heterocycles. The number of hydrogen-bond acceptors (Lipinski definition) is 14. The fourth-order valence-corrected chi connectivity index (χ4v) is 7.93. The van der Waals surface area contributed by atoms with E-state index in [4.69, 9.17) is 14.3 Å². The van der Waals surface area contributed by atoms with Crippen molar-refractivity contribution in [3.8, 4) is 0 Å². The van der Waals surface area contributed by atoms with Crippen LogP contribution < -0.4 is 42.5 Å². The topological polar surface area (TPSA) is 296 Å². The molecule has 1 aliphatic heterocycles. The van der Waals surface area contributed by atoms with Crippen LogP contribution in [0.2, 0.25) is 0 Å². The number of carbonyl (C=O) groups is 9. The smallest absolute Gasteiger partial charge is 0.407 e. The van der Waals surface area contributed by atoms with Crippen LogP contribution in [0.15, 0.2) is 53.6 Å². The molecule has 0 spiro atoms. The van der Waals surface area contributed by atoms with Crippen molar-refractivity contribution in [2.75, 3.05) is 80.3 Å². The average molecular weight is 1030 g/mol. The maximum Gasteiger partial charge on any atom is 0.407 e. The highest BCUT2D eigenvalue weighted by atomic mass is 32.2. The summed E-state index contributed by atoms with van der Waals surface area (Å²) in [6, 6.07) is 9.67. The molecule has 8 N–H and O–H groups in total. The van der Waals surface area contributed by atoms with E-state index >= 15 is 0 Å². The van der Waals surface area contributed by atoms with Crippen molar-refractivity contribution in [2.45, 2.75) is 70.2 Å². The summed E-state index contributed by atoms with van der Waals surface area (Å²) in [6.45, 7) is 4.76. The molecule has 2 aromatic rings. The molecule has 0 fully saturated rings. The first-order valence-electron chi connectivity index (χ1n) is 22.9. The number of hydroxylamine groups is 2. The number of hydrogen-bond donors (Lipinski definition) is 8. The van der Waals surface area contributed by atoms with Crippen molar-refractivity contribution in [3.05, 3.63) is 71.3 Å². The van der Waals surface area contributed by atoms with Crippen LogP contribution in [0.1, 0.15) is 70.4 Å². The number of rotatable bonds is 28. The van der Waals surface area contributed by atoms with E-state index < -0.39 is 89.7 Å². The number of carbonyl (C=O) groups excluding carboxylic acids is 9. The van der Waals surface area contributed by atoms with Crippen molar-refractivity contribution in [1.82, 2.24) is 52.6 Å². The minimum atomic E-state index is -1.35. The highest BCUT2D eigenvalue weighted by Crippen LogP contribution is 2.51. The Kier molecular flexibility index (Phi) is 24.8. The van der Waals surface area contributed by atoms with Crippen molar-refractivity contribution >= 4 is 70.3 Å². The van der Waals surface area contributed by atoms with Crippen molar-refractivity contribution in [1.29, 1.82) is 0 Å². The van der Waals surface area contributed by atoms with E-state index in [2.05, 4.69) is 47.6 Å². The number of thioether (sulfide) groups is 1. The van der Waals surface area contributed by atoms with Crippen LogP contribution in [0, 0.1) is 17.0 Å². The molecule has 0 aliphatic carbocycles. The van der Waals surface area contributed by atoms with Gasteiger partial charge in [0.2, 0.25) is 41.4 Å². The lowest BCUT2D eigenvalue weighted by atomic mass is 9.92. The molecule has 0 bridgehead atoms. The predicted molar refractivity (Wildman–Crippen MR) is 259 cm³/mol. The third kappa shape index (κ3) is 20.8. The zero-order chi connectivity index (χ0) is 53.3. The molecule has 0 radical (unpaired) electrons. The zero-order valence-electron chi connectivity index (χ0n) is 41.2. The summed E-state index contributed by atoms with van der Waals surface area (Å²) < 4.78 is 39.2. The molecule has 3 rings (SSSR count). The van der Waals surface area contributed by atoms with E-state index in [1.165, 1.54) is 21.3 Å². The molecule has 1 aliphatic rings. The van der Waals surface area contributed by atoms with Gasteiger partial charge in [0, 0.05) is 78.3 Å². The molecule has 72 heavy (non-hydrogen) atoms. The molecule has 23 nitrogen and oxygen atoms in total. The molecular formula is C46H65F2N11O12S. The average Bonchev–Trinajstić information content (AvgIpc) is 3.72. The second-order valence-electron chi connectivity index (χ2n) is 17.2. The molecule has 1 unspecified atom stereocenters. The highest BCUT2D eigenvalue weighted by molar-refractivity contribution is 8.15. The lowest BCUT2D eigenvalue weighted by molar-refractivity contribution is -0.130. The molecule has 0 saturated carbocycles. The van der Waals surface area contributed by atoms with Gasteiger partial charge in [-0.2, -0.15) is 10.1 Å². The standard InChI is InChI=1S/C46H65F2N11O12S/c1-45(2,3)27-39(64)50-19-15-36(61)55-28-40(65)56-34(41(66)53-23-24-69-5)29-71-43(67)54-20-16-35(60)51-21-22-52-38(63)26-37(62)49-18-10-17-46(30-11-8-7-9-12-30)59(44(68)58(4)70-6)57-42(72-46)32-25-31(47)13-14-33(32)48/h7-9,11-14,25,34H,10,15-24,26-29H2,1-6H3,(H,49,62)(H,50,64)(H,51,60)(H,52,63)(H,53,66)(H,54,67)(H,55,61)(H,56,65)/t34?,46-/m0/s1. The number of urea groups is 1. The van der Waals surface area contributed by atoms with Gasteiger partial charge in [-0.05, 0) is 42.0 Å². The lowest BCUT2D eigenvalue weighted by Crippen LogP contribution is -2.52. The molecule has 2 aromatic carbocycles. The number of alkyl carbamates (subject to hydrolysis) is 1. The number of nitrogens with one attached hydrogen (secondary N) is 8. The van der Waals surface area contributed by atoms with Gasteiger partial charge in [-0.15, -0.1) is 0 Å². The summed E-state index contributed by atoms with van der Waals surface area (Å²) in [5.74, 6) is -5.37. The van der Waals surface area contributed by atoms with Crippen molar-refractivity contribution in [2.24, 2.45) is 10.5 Å².